The summed E-state index contributed by atoms with van der Waals surface area (Å²) < 4.78 is 12.7. The minimum Gasteiger partial charge on any atom is -0.493 e. The zero-order chi connectivity index (χ0) is 21.7. The second kappa shape index (κ2) is 9.49. The first-order valence-corrected chi connectivity index (χ1v) is 10.3. The van der Waals surface area contributed by atoms with Gasteiger partial charge in [0.2, 0.25) is 0 Å². The lowest BCUT2D eigenvalue weighted by atomic mass is 10.2. The van der Waals surface area contributed by atoms with Gasteiger partial charge in [-0.3, -0.25) is 4.79 Å². The number of nitrogens with one attached hydrogen (secondary N) is 1. The van der Waals surface area contributed by atoms with Gasteiger partial charge in [0.05, 0.1) is 12.2 Å². The van der Waals surface area contributed by atoms with Crippen LogP contribution in [0.1, 0.15) is 65.8 Å². The molecule has 2 aromatic rings. The molecule has 30 heavy (non-hydrogen) atoms. The van der Waals surface area contributed by atoms with Crippen molar-refractivity contribution < 1.29 is 19.1 Å². The highest BCUT2D eigenvalue weighted by molar-refractivity contribution is 5.97. The Morgan fingerprint density at radius 2 is 1.93 bits per heavy atom. The van der Waals surface area contributed by atoms with E-state index in [1.165, 1.54) is 0 Å². The zero-order valence-corrected chi connectivity index (χ0v) is 17.7. The molecule has 1 heterocycles. The summed E-state index contributed by atoms with van der Waals surface area (Å²) in [6.07, 6.45) is 4.30. The number of esters is 1. The van der Waals surface area contributed by atoms with E-state index in [1.54, 1.807) is 24.3 Å². The molecule has 3 rings (SSSR count). The second-order valence-corrected chi connectivity index (χ2v) is 7.41. The van der Waals surface area contributed by atoms with Crippen LogP contribution in [0.25, 0.3) is 0 Å². The number of rotatable bonds is 7. The Morgan fingerprint density at radius 1 is 1.23 bits per heavy atom. The molecule has 1 fully saturated rings. The fraction of sp³-hybridized carbons (Fsp3) is 0.435. The molecule has 1 aromatic carbocycles. The standard InChI is InChI=1S/C23H27N3O4/c1-4-29-20-12-8-7-11-18(20)23(28)30-14-21(27)25-22-19(13-24)15(2)16(3)26(22)17-9-5-6-10-17/h7-8,11-12,17H,4-6,9-10,14H2,1-3H3,(H,25,27). The van der Waals surface area contributed by atoms with Crippen LogP contribution in [0.4, 0.5) is 5.82 Å². The van der Waals surface area contributed by atoms with E-state index in [2.05, 4.69) is 16.0 Å². The SMILES string of the molecule is CCOc1ccccc1C(=O)OCC(=O)Nc1c(C#N)c(C)c(C)n1C1CCCC1. The summed E-state index contributed by atoms with van der Waals surface area (Å²) in [6, 6.07) is 9.22. The lowest BCUT2D eigenvalue weighted by Crippen LogP contribution is -2.24. The topological polar surface area (TPSA) is 93.3 Å². The Labute approximate surface area is 176 Å². The smallest absolute Gasteiger partial charge is 0.342 e. The maximum absolute atomic E-state index is 12.6. The molecule has 1 N–H and O–H groups in total. The summed E-state index contributed by atoms with van der Waals surface area (Å²) in [4.78, 5) is 25.0. The molecule has 7 heteroatoms. The zero-order valence-electron chi connectivity index (χ0n) is 17.7. The lowest BCUT2D eigenvalue weighted by Gasteiger charge is -2.19. The molecular formula is C23H27N3O4. The second-order valence-electron chi connectivity index (χ2n) is 7.41. The molecule has 0 bridgehead atoms. The van der Waals surface area contributed by atoms with E-state index in [0.717, 1.165) is 36.9 Å². The van der Waals surface area contributed by atoms with Gasteiger partial charge < -0.3 is 19.4 Å². The van der Waals surface area contributed by atoms with E-state index in [1.807, 2.05) is 20.8 Å². The van der Waals surface area contributed by atoms with Gasteiger partial charge in [-0.05, 0) is 51.3 Å². The molecule has 0 spiro atoms. The Hall–Kier alpha value is -3.27. The minimum absolute atomic E-state index is 0.265. The number of anilines is 1. The van der Waals surface area contributed by atoms with Crippen molar-refractivity contribution in [3.63, 3.8) is 0 Å². The van der Waals surface area contributed by atoms with Crippen LogP contribution >= 0.6 is 0 Å². The van der Waals surface area contributed by atoms with Crippen molar-refractivity contribution in [2.24, 2.45) is 0 Å². The van der Waals surface area contributed by atoms with Crippen LogP contribution in [0.15, 0.2) is 24.3 Å². The highest BCUT2D eigenvalue weighted by Crippen LogP contribution is 2.37. The maximum Gasteiger partial charge on any atom is 0.342 e. The number of nitrogens with zero attached hydrogens (tertiary/aromatic N) is 2. The van der Waals surface area contributed by atoms with E-state index < -0.39 is 18.5 Å². The van der Waals surface area contributed by atoms with E-state index in [9.17, 15) is 14.9 Å². The normalized spacial score (nSPS) is 13.7. The summed E-state index contributed by atoms with van der Waals surface area (Å²) in [7, 11) is 0. The molecule has 1 aliphatic carbocycles. The van der Waals surface area contributed by atoms with Crippen molar-refractivity contribution in [2.75, 3.05) is 18.5 Å². The van der Waals surface area contributed by atoms with Gasteiger partial charge >= 0.3 is 5.97 Å². The number of ether oxygens (including phenoxy) is 2. The average Bonchev–Trinajstić information content (AvgIpc) is 3.34. The number of nitriles is 1. The number of hydrogen-bond donors (Lipinski definition) is 1. The molecule has 158 valence electrons. The summed E-state index contributed by atoms with van der Waals surface area (Å²) >= 11 is 0. The number of aromatic nitrogens is 1. The fourth-order valence-electron chi connectivity index (χ4n) is 4.00. The highest BCUT2D eigenvalue weighted by atomic mass is 16.5. The van der Waals surface area contributed by atoms with E-state index >= 15 is 0 Å². The summed E-state index contributed by atoms with van der Waals surface area (Å²) in [6.45, 7) is 5.65. The largest absolute Gasteiger partial charge is 0.493 e. The number of carbonyl (C=O) groups excluding carboxylic acids is 2. The molecule has 0 saturated heterocycles. The first-order valence-electron chi connectivity index (χ1n) is 10.3. The number of benzene rings is 1. The quantitative estimate of drug-likeness (QED) is 0.689. The third-order valence-corrected chi connectivity index (χ3v) is 5.56. The molecule has 1 aliphatic rings. The van der Waals surface area contributed by atoms with Crippen molar-refractivity contribution in [3.8, 4) is 11.8 Å². The number of carbonyl (C=O) groups is 2. The lowest BCUT2D eigenvalue weighted by molar-refractivity contribution is -0.119. The predicted molar refractivity (Wildman–Crippen MR) is 113 cm³/mol. The Morgan fingerprint density at radius 3 is 2.60 bits per heavy atom. The molecule has 0 aliphatic heterocycles. The van der Waals surface area contributed by atoms with E-state index in [4.69, 9.17) is 9.47 Å². The highest BCUT2D eigenvalue weighted by Gasteiger charge is 2.27. The van der Waals surface area contributed by atoms with Crippen LogP contribution in [0.3, 0.4) is 0 Å². The van der Waals surface area contributed by atoms with Gasteiger partial charge in [-0.15, -0.1) is 0 Å². The fourth-order valence-corrected chi connectivity index (χ4v) is 4.00. The first kappa shape index (κ1) is 21.4. The van der Waals surface area contributed by atoms with Crippen molar-refractivity contribution in [1.29, 1.82) is 5.26 Å². The van der Waals surface area contributed by atoms with Gasteiger partial charge in [-0.25, -0.2) is 4.79 Å². The van der Waals surface area contributed by atoms with Crippen molar-refractivity contribution in [1.82, 2.24) is 4.57 Å². The first-order chi connectivity index (χ1) is 14.5. The van der Waals surface area contributed by atoms with E-state index in [-0.39, 0.29) is 11.6 Å². The molecule has 1 saturated carbocycles. The number of hydrogen-bond acceptors (Lipinski definition) is 5. The molecule has 0 radical (unpaired) electrons. The Kier molecular flexibility index (Phi) is 6.78. The van der Waals surface area contributed by atoms with Gasteiger partial charge in [0.15, 0.2) is 6.61 Å². The van der Waals surface area contributed by atoms with Crippen molar-refractivity contribution in [3.05, 3.63) is 46.6 Å². The minimum atomic E-state index is -0.631. The third-order valence-electron chi connectivity index (χ3n) is 5.56. The van der Waals surface area contributed by atoms with Crippen LogP contribution < -0.4 is 10.1 Å². The summed E-state index contributed by atoms with van der Waals surface area (Å²) in [5.74, 6) is -0.201. The third kappa shape index (κ3) is 4.33. The molecular weight excluding hydrogens is 382 g/mol. The molecule has 0 atom stereocenters. The van der Waals surface area contributed by atoms with Gasteiger partial charge in [0.25, 0.3) is 5.91 Å². The number of para-hydroxylation sites is 1. The monoisotopic (exact) mass is 409 g/mol. The molecule has 1 aromatic heterocycles. The van der Waals surface area contributed by atoms with Crippen LogP contribution in [-0.4, -0.2) is 29.7 Å². The van der Waals surface area contributed by atoms with Gasteiger partial charge in [0, 0.05) is 11.7 Å². The van der Waals surface area contributed by atoms with Crippen LogP contribution in [0.2, 0.25) is 0 Å². The number of amides is 1. The predicted octanol–water partition coefficient (Wildman–Crippen LogP) is 4.29. The van der Waals surface area contributed by atoms with Crippen LogP contribution in [0, 0.1) is 25.2 Å². The Balaban J connectivity index is 1.73. The summed E-state index contributed by atoms with van der Waals surface area (Å²) in [5, 5.41) is 12.4. The summed E-state index contributed by atoms with van der Waals surface area (Å²) in [5.41, 5.74) is 2.57. The average molecular weight is 409 g/mol. The molecule has 0 unspecified atom stereocenters. The van der Waals surface area contributed by atoms with Gasteiger partial charge in [-0.1, -0.05) is 25.0 Å². The maximum atomic E-state index is 12.6. The van der Waals surface area contributed by atoms with Crippen molar-refractivity contribution in [2.45, 2.75) is 52.5 Å². The van der Waals surface area contributed by atoms with Crippen molar-refractivity contribution >= 4 is 17.7 Å². The van der Waals surface area contributed by atoms with Crippen LogP contribution in [0.5, 0.6) is 5.75 Å². The van der Waals surface area contributed by atoms with Gasteiger partial charge in [0.1, 0.15) is 23.2 Å². The van der Waals surface area contributed by atoms with Gasteiger partial charge in [-0.2, -0.15) is 5.26 Å². The molecule has 7 nitrogen and oxygen atoms in total. The van der Waals surface area contributed by atoms with Crippen LogP contribution in [-0.2, 0) is 9.53 Å². The Bertz CT molecular complexity index is 981. The molecule has 1 amide bonds. The van der Waals surface area contributed by atoms with E-state index in [0.29, 0.717) is 23.7 Å².